The second-order valence-electron chi connectivity index (χ2n) is 10.0. The highest BCUT2D eigenvalue weighted by atomic mass is 16.7. The van der Waals surface area contributed by atoms with Crippen LogP contribution in [-0.2, 0) is 11.2 Å². The number of nitrogens with zero attached hydrogens (tertiary/aromatic N) is 1. The van der Waals surface area contributed by atoms with E-state index in [2.05, 4.69) is 12.1 Å². The lowest BCUT2D eigenvalue weighted by molar-refractivity contribution is -0.134. The average molecular weight is 502 g/mol. The number of aryl methyl sites for hydroxylation is 1. The zero-order chi connectivity index (χ0) is 25.6. The number of carbonyl (C=O) groups excluding carboxylic acids is 1. The maximum absolute atomic E-state index is 12.9. The average Bonchev–Trinajstić information content (AvgIpc) is 3.39. The van der Waals surface area contributed by atoms with Crippen molar-refractivity contribution in [3.63, 3.8) is 0 Å². The molecule has 0 N–H and O–H groups in total. The number of hydrogen-bond acceptors (Lipinski definition) is 5. The Morgan fingerprint density at radius 1 is 0.973 bits per heavy atom. The monoisotopic (exact) mass is 501 g/mol. The summed E-state index contributed by atoms with van der Waals surface area (Å²) in [5.41, 5.74) is 3.23. The molecule has 3 aromatic rings. The Morgan fingerprint density at radius 2 is 1.78 bits per heavy atom. The number of likely N-dealkylation sites (tertiary alicyclic amines) is 1. The van der Waals surface area contributed by atoms with Crippen molar-refractivity contribution in [1.82, 2.24) is 4.90 Å². The van der Waals surface area contributed by atoms with E-state index in [0.717, 1.165) is 67.1 Å². The Balaban J connectivity index is 1.11. The first kappa shape index (κ1) is 25.0. The van der Waals surface area contributed by atoms with E-state index in [4.69, 9.17) is 18.9 Å². The Labute approximate surface area is 219 Å². The van der Waals surface area contributed by atoms with Crippen LogP contribution in [0.25, 0.3) is 11.1 Å². The first-order valence-electron chi connectivity index (χ1n) is 13.2. The maximum Gasteiger partial charge on any atom is 0.260 e. The van der Waals surface area contributed by atoms with E-state index in [9.17, 15) is 4.79 Å². The summed E-state index contributed by atoms with van der Waals surface area (Å²) in [6.07, 6.45) is 4.28. The highest BCUT2D eigenvalue weighted by molar-refractivity contribution is 5.78. The van der Waals surface area contributed by atoms with Gasteiger partial charge in [0.25, 0.3) is 5.91 Å². The molecule has 6 heteroatoms. The van der Waals surface area contributed by atoms with Crippen LogP contribution in [0.5, 0.6) is 23.0 Å². The highest BCUT2D eigenvalue weighted by Crippen LogP contribution is 2.34. The van der Waals surface area contributed by atoms with Gasteiger partial charge in [-0.25, -0.2) is 0 Å². The van der Waals surface area contributed by atoms with Crippen LogP contribution >= 0.6 is 0 Å². The fourth-order valence-corrected chi connectivity index (χ4v) is 5.01. The molecule has 0 radical (unpaired) electrons. The van der Waals surface area contributed by atoms with Crippen LogP contribution in [0.2, 0.25) is 0 Å². The van der Waals surface area contributed by atoms with E-state index >= 15 is 0 Å². The van der Waals surface area contributed by atoms with Crippen molar-refractivity contribution in [3.05, 3.63) is 72.3 Å². The summed E-state index contributed by atoms with van der Waals surface area (Å²) < 4.78 is 22.8. The molecule has 5 rings (SSSR count). The molecule has 37 heavy (non-hydrogen) atoms. The van der Waals surface area contributed by atoms with Gasteiger partial charge in [0.2, 0.25) is 6.79 Å². The fourth-order valence-electron chi connectivity index (χ4n) is 5.01. The molecule has 1 amide bonds. The zero-order valence-electron chi connectivity index (χ0n) is 21.7. The molecule has 0 bridgehead atoms. The normalized spacial score (nSPS) is 15.2. The van der Waals surface area contributed by atoms with E-state index in [1.165, 1.54) is 5.56 Å². The third-order valence-corrected chi connectivity index (χ3v) is 7.00. The highest BCUT2D eigenvalue weighted by Gasteiger charge is 2.23. The molecular formula is C31H35NO5. The number of carbonyl (C=O) groups is 1. The summed E-state index contributed by atoms with van der Waals surface area (Å²) >= 11 is 0. The lowest BCUT2D eigenvalue weighted by Crippen LogP contribution is -2.41. The van der Waals surface area contributed by atoms with E-state index in [0.29, 0.717) is 18.5 Å². The Kier molecular flexibility index (Phi) is 7.83. The van der Waals surface area contributed by atoms with Crippen LogP contribution < -0.4 is 18.9 Å². The van der Waals surface area contributed by atoms with Crippen LogP contribution in [0, 0.1) is 5.92 Å². The predicted octanol–water partition coefficient (Wildman–Crippen LogP) is 6.12. The molecular weight excluding hydrogens is 466 g/mol. The summed E-state index contributed by atoms with van der Waals surface area (Å²) in [7, 11) is 0. The molecule has 0 atom stereocenters. The second kappa shape index (κ2) is 11.6. The zero-order valence-corrected chi connectivity index (χ0v) is 21.7. The minimum absolute atomic E-state index is 0.0425. The summed E-state index contributed by atoms with van der Waals surface area (Å²) in [4.78, 5) is 14.9. The van der Waals surface area contributed by atoms with Crippen LogP contribution in [-0.4, -0.2) is 43.4 Å². The molecule has 2 aliphatic rings. The quantitative estimate of drug-likeness (QED) is 0.354. The topological polar surface area (TPSA) is 57.2 Å². The lowest BCUT2D eigenvalue weighted by atomic mass is 9.90. The largest absolute Gasteiger partial charge is 0.491 e. The molecule has 0 unspecified atom stereocenters. The maximum atomic E-state index is 12.9. The van der Waals surface area contributed by atoms with Crippen molar-refractivity contribution in [2.24, 2.45) is 5.92 Å². The number of amides is 1. The molecule has 0 saturated carbocycles. The van der Waals surface area contributed by atoms with Gasteiger partial charge >= 0.3 is 0 Å². The number of para-hydroxylation sites is 1. The van der Waals surface area contributed by atoms with Gasteiger partial charge in [0.15, 0.2) is 18.1 Å². The summed E-state index contributed by atoms with van der Waals surface area (Å²) in [6.45, 7) is 5.94. The number of hydrogen-bond donors (Lipinski definition) is 0. The van der Waals surface area contributed by atoms with Crippen molar-refractivity contribution in [1.29, 1.82) is 0 Å². The predicted molar refractivity (Wildman–Crippen MR) is 143 cm³/mol. The van der Waals surface area contributed by atoms with E-state index in [-0.39, 0.29) is 18.6 Å². The number of ether oxygens (including phenoxy) is 4. The van der Waals surface area contributed by atoms with Gasteiger partial charge in [-0.05, 0) is 86.9 Å². The van der Waals surface area contributed by atoms with Crippen LogP contribution in [0.15, 0.2) is 66.7 Å². The lowest BCUT2D eigenvalue weighted by Gasteiger charge is -2.32. The molecule has 1 saturated heterocycles. The summed E-state index contributed by atoms with van der Waals surface area (Å²) in [5.74, 6) is 3.86. The first-order chi connectivity index (χ1) is 18.0. The summed E-state index contributed by atoms with van der Waals surface area (Å²) in [5, 5.41) is 0. The second-order valence-corrected chi connectivity index (χ2v) is 10.0. The van der Waals surface area contributed by atoms with Crippen LogP contribution in [0.4, 0.5) is 0 Å². The van der Waals surface area contributed by atoms with Gasteiger partial charge in [0.1, 0.15) is 11.5 Å². The SMILES string of the molecule is CC(C)Oc1cccc(-c2ccccc2OCC(=O)N2CCC(CCc3ccc4c(c3)OCO4)CC2)c1. The van der Waals surface area contributed by atoms with Gasteiger partial charge in [-0.3, -0.25) is 4.79 Å². The molecule has 194 valence electrons. The van der Waals surface area contributed by atoms with Crippen LogP contribution in [0.1, 0.15) is 38.7 Å². The fraction of sp³-hybridized carbons (Fsp3) is 0.387. The number of benzene rings is 3. The van der Waals surface area contributed by atoms with Gasteiger partial charge in [-0.2, -0.15) is 0 Å². The van der Waals surface area contributed by atoms with Gasteiger partial charge in [0, 0.05) is 18.7 Å². The third-order valence-electron chi connectivity index (χ3n) is 7.00. The Bertz CT molecular complexity index is 1220. The van der Waals surface area contributed by atoms with Crippen molar-refractivity contribution >= 4 is 5.91 Å². The first-order valence-corrected chi connectivity index (χ1v) is 13.2. The third kappa shape index (κ3) is 6.37. The van der Waals surface area contributed by atoms with Crippen molar-refractivity contribution in [3.8, 4) is 34.1 Å². The van der Waals surface area contributed by atoms with E-state index in [1.54, 1.807) is 0 Å². The minimum Gasteiger partial charge on any atom is -0.491 e. The molecule has 0 aliphatic carbocycles. The van der Waals surface area contributed by atoms with E-state index in [1.807, 2.05) is 73.3 Å². The number of rotatable bonds is 9. The standard InChI is InChI=1S/C31H35NO5/c1-22(2)37-26-7-5-6-25(19-26)27-8-3-4-9-28(27)34-20-31(33)32-16-14-23(15-17-32)10-11-24-12-13-29-30(18-24)36-21-35-29/h3-9,12-13,18-19,22-23H,10-11,14-17,20-21H2,1-2H3. The molecule has 0 spiro atoms. The molecule has 3 aromatic carbocycles. The number of fused-ring (bicyclic) bond motifs is 1. The van der Waals surface area contributed by atoms with Crippen molar-refractivity contribution < 1.29 is 23.7 Å². The Hall–Kier alpha value is -3.67. The molecule has 0 aromatic heterocycles. The molecule has 2 aliphatic heterocycles. The van der Waals surface area contributed by atoms with Crippen LogP contribution in [0.3, 0.4) is 0 Å². The van der Waals surface area contributed by atoms with Gasteiger partial charge < -0.3 is 23.8 Å². The van der Waals surface area contributed by atoms with Gasteiger partial charge in [-0.1, -0.05) is 36.4 Å². The smallest absolute Gasteiger partial charge is 0.260 e. The molecule has 2 heterocycles. The van der Waals surface area contributed by atoms with Gasteiger partial charge in [-0.15, -0.1) is 0 Å². The van der Waals surface area contributed by atoms with Crippen molar-refractivity contribution in [2.45, 2.75) is 45.6 Å². The molecule has 6 nitrogen and oxygen atoms in total. The number of piperidine rings is 1. The summed E-state index contributed by atoms with van der Waals surface area (Å²) in [6, 6.07) is 22.0. The minimum atomic E-state index is 0.0425. The van der Waals surface area contributed by atoms with E-state index < -0.39 is 0 Å². The Morgan fingerprint density at radius 3 is 2.62 bits per heavy atom. The molecule has 1 fully saturated rings. The van der Waals surface area contributed by atoms with Crippen molar-refractivity contribution in [2.75, 3.05) is 26.5 Å². The van der Waals surface area contributed by atoms with Gasteiger partial charge in [0.05, 0.1) is 6.10 Å².